The molecule has 0 radical (unpaired) electrons. The number of rotatable bonds is 7. The predicted octanol–water partition coefficient (Wildman–Crippen LogP) is 3.30. The molecule has 0 spiro atoms. The summed E-state index contributed by atoms with van der Waals surface area (Å²) in [4.78, 5) is 11.5. The SMILES string of the molecule is CC(CCCC(C)(C)O)CCC1CCCOC1=O. The fourth-order valence-corrected chi connectivity index (χ4v) is 2.51. The van der Waals surface area contributed by atoms with Gasteiger partial charge in [-0.05, 0) is 51.9 Å². The second kappa shape index (κ2) is 7.13. The van der Waals surface area contributed by atoms with Crippen molar-refractivity contribution in [3.05, 3.63) is 0 Å². The topological polar surface area (TPSA) is 46.5 Å². The van der Waals surface area contributed by atoms with Gasteiger partial charge < -0.3 is 9.84 Å². The third-order valence-electron chi connectivity index (χ3n) is 3.77. The average molecular weight is 256 g/mol. The van der Waals surface area contributed by atoms with Crippen LogP contribution >= 0.6 is 0 Å². The van der Waals surface area contributed by atoms with E-state index < -0.39 is 5.60 Å². The first-order valence-corrected chi connectivity index (χ1v) is 7.27. The first-order chi connectivity index (χ1) is 8.38. The van der Waals surface area contributed by atoms with E-state index in [1.165, 1.54) is 0 Å². The van der Waals surface area contributed by atoms with Crippen LogP contribution in [-0.4, -0.2) is 23.3 Å². The van der Waals surface area contributed by atoms with Gasteiger partial charge in [-0.15, -0.1) is 0 Å². The Bertz CT molecular complexity index is 255. The maximum Gasteiger partial charge on any atom is 0.308 e. The molecule has 1 heterocycles. The van der Waals surface area contributed by atoms with Crippen LogP contribution in [0.2, 0.25) is 0 Å². The van der Waals surface area contributed by atoms with Gasteiger partial charge in [-0.3, -0.25) is 4.79 Å². The molecule has 1 aliphatic heterocycles. The Morgan fingerprint density at radius 1 is 1.44 bits per heavy atom. The van der Waals surface area contributed by atoms with E-state index in [2.05, 4.69) is 6.92 Å². The van der Waals surface area contributed by atoms with Crippen LogP contribution in [0.3, 0.4) is 0 Å². The predicted molar refractivity (Wildman–Crippen MR) is 72.2 cm³/mol. The molecule has 1 saturated heterocycles. The molecular formula is C15H28O3. The Labute approximate surface area is 111 Å². The monoisotopic (exact) mass is 256 g/mol. The van der Waals surface area contributed by atoms with Crippen LogP contribution in [-0.2, 0) is 9.53 Å². The highest BCUT2D eigenvalue weighted by atomic mass is 16.5. The number of carbonyl (C=O) groups excluding carboxylic acids is 1. The Morgan fingerprint density at radius 3 is 2.78 bits per heavy atom. The molecule has 3 heteroatoms. The Morgan fingerprint density at radius 2 is 2.17 bits per heavy atom. The number of esters is 1. The van der Waals surface area contributed by atoms with Crippen LogP contribution in [0.5, 0.6) is 0 Å². The second-order valence-electron chi connectivity index (χ2n) is 6.39. The molecule has 0 aliphatic carbocycles. The number of cyclic esters (lactones) is 1. The number of ether oxygens (including phenoxy) is 1. The van der Waals surface area contributed by atoms with E-state index in [0.717, 1.165) is 44.9 Å². The first-order valence-electron chi connectivity index (χ1n) is 7.27. The largest absolute Gasteiger partial charge is 0.465 e. The fourth-order valence-electron chi connectivity index (χ4n) is 2.51. The molecule has 0 aromatic rings. The summed E-state index contributed by atoms with van der Waals surface area (Å²) in [6.45, 7) is 6.56. The molecule has 0 bridgehead atoms. The lowest BCUT2D eigenvalue weighted by molar-refractivity contribution is -0.153. The lowest BCUT2D eigenvalue weighted by atomic mass is 9.89. The molecule has 1 N–H and O–H groups in total. The second-order valence-corrected chi connectivity index (χ2v) is 6.39. The molecule has 1 fully saturated rings. The van der Waals surface area contributed by atoms with Crippen LogP contribution in [0.1, 0.15) is 65.7 Å². The van der Waals surface area contributed by atoms with Crippen molar-refractivity contribution in [1.82, 2.24) is 0 Å². The van der Waals surface area contributed by atoms with Crippen molar-refractivity contribution < 1.29 is 14.6 Å². The highest BCUT2D eigenvalue weighted by Crippen LogP contribution is 2.25. The van der Waals surface area contributed by atoms with Crippen molar-refractivity contribution in [2.45, 2.75) is 71.3 Å². The van der Waals surface area contributed by atoms with E-state index in [4.69, 9.17) is 4.74 Å². The Kier molecular flexibility index (Phi) is 6.13. The number of hydrogen-bond acceptors (Lipinski definition) is 3. The van der Waals surface area contributed by atoms with Gasteiger partial charge in [0.05, 0.1) is 18.1 Å². The molecular weight excluding hydrogens is 228 g/mol. The third kappa shape index (κ3) is 6.39. The van der Waals surface area contributed by atoms with Gasteiger partial charge >= 0.3 is 5.97 Å². The summed E-state index contributed by atoms with van der Waals surface area (Å²) < 4.78 is 5.08. The number of carbonyl (C=O) groups is 1. The summed E-state index contributed by atoms with van der Waals surface area (Å²) in [7, 11) is 0. The zero-order valence-corrected chi connectivity index (χ0v) is 12.1. The van der Waals surface area contributed by atoms with Gasteiger partial charge in [-0.25, -0.2) is 0 Å². The summed E-state index contributed by atoms with van der Waals surface area (Å²) in [5.41, 5.74) is -0.549. The summed E-state index contributed by atoms with van der Waals surface area (Å²) in [6, 6.07) is 0. The normalized spacial score (nSPS) is 22.7. The van der Waals surface area contributed by atoms with E-state index in [0.29, 0.717) is 12.5 Å². The van der Waals surface area contributed by atoms with Crippen LogP contribution in [0, 0.1) is 11.8 Å². The maximum absolute atomic E-state index is 11.5. The van der Waals surface area contributed by atoms with Crippen LogP contribution in [0.4, 0.5) is 0 Å². The van der Waals surface area contributed by atoms with Gasteiger partial charge in [0.25, 0.3) is 0 Å². The standard InChI is InChI=1S/C15H28O3/c1-12(6-4-10-15(2,3)17)8-9-13-7-5-11-18-14(13)16/h12-13,17H,4-11H2,1-3H3. The molecule has 0 aromatic carbocycles. The lowest BCUT2D eigenvalue weighted by Crippen LogP contribution is -2.24. The van der Waals surface area contributed by atoms with Crippen LogP contribution in [0.15, 0.2) is 0 Å². The number of aliphatic hydroxyl groups is 1. The smallest absolute Gasteiger partial charge is 0.308 e. The Hall–Kier alpha value is -0.570. The molecule has 2 unspecified atom stereocenters. The van der Waals surface area contributed by atoms with E-state index in [1.807, 2.05) is 13.8 Å². The molecule has 18 heavy (non-hydrogen) atoms. The van der Waals surface area contributed by atoms with Crippen molar-refractivity contribution in [2.75, 3.05) is 6.61 Å². The minimum absolute atomic E-state index is 0.00458. The van der Waals surface area contributed by atoms with E-state index >= 15 is 0 Å². The van der Waals surface area contributed by atoms with Gasteiger partial charge in [0.1, 0.15) is 0 Å². The average Bonchev–Trinajstić information content (AvgIpc) is 2.26. The molecule has 0 amide bonds. The molecule has 0 saturated carbocycles. The highest BCUT2D eigenvalue weighted by Gasteiger charge is 2.24. The van der Waals surface area contributed by atoms with Crippen LogP contribution in [0.25, 0.3) is 0 Å². The molecule has 1 aliphatic rings. The first kappa shape index (κ1) is 15.5. The lowest BCUT2D eigenvalue weighted by Gasteiger charge is -2.22. The molecule has 106 valence electrons. The zero-order valence-electron chi connectivity index (χ0n) is 12.1. The van der Waals surface area contributed by atoms with Crippen molar-refractivity contribution >= 4 is 5.97 Å². The fraction of sp³-hybridized carbons (Fsp3) is 0.933. The molecule has 3 nitrogen and oxygen atoms in total. The van der Waals surface area contributed by atoms with E-state index in [1.54, 1.807) is 0 Å². The van der Waals surface area contributed by atoms with Gasteiger partial charge in [-0.2, -0.15) is 0 Å². The Balaban J connectivity index is 2.12. The highest BCUT2D eigenvalue weighted by molar-refractivity contribution is 5.72. The quantitative estimate of drug-likeness (QED) is 0.711. The summed E-state index contributed by atoms with van der Waals surface area (Å²) >= 11 is 0. The maximum atomic E-state index is 11.5. The molecule has 2 atom stereocenters. The number of hydrogen-bond donors (Lipinski definition) is 1. The summed E-state index contributed by atoms with van der Waals surface area (Å²) in [5.74, 6) is 0.766. The summed E-state index contributed by atoms with van der Waals surface area (Å²) in [5, 5.41) is 9.64. The minimum atomic E-state index is -0.549. The van der Waals surface area contributed by atoms with Crippen LogP contribution < -0.4 is 0 Å². The van der Waals surface area contributed by atoms with Crippen molar-refractivity contribution in [3.63, 3.8) is 0 Å². The third-order valence-corrected chi connectivity index (χ3v) is 3.77. The van der Waals surface area contributed by atoms with E-state index in [-0.39, 0.29) is 11.9 Å². The zero-order chi connectivity index (χ0) is 13.6. The minimum Gasteiger partial charge on any atom is -0.465 e. The van der Waals surface area contributed by atoms with Gasteiger partial charge in [0.15, 0.2) is 0 Å². The molecule has 1 rings (SSSR count). The van der Waals surface area contributed by atoms with Gasteiger partial charge in [0, 0.05) is 0 Å². The van der Waals surface area contributed by atoms with Gasteiger partial charge in [0.2, 0.25) is 0 Å². The van der Waals surface area contributed by atoms with E-state index in [9.17, 15) is 9.90 Å². The van der Waals surface area contributed by atoms with Crippen molar-refractivity contribution in [1.29, 1.82) is 0 Å². The van der Waals surface area contributed by atoms with Crippen molar-refractivity contribution in [3.8, 4) is 0 Å². The van der Waals surface area contributed by atoms with Crippen molar-refractivity contribution in [2.24, 2.45) is 11.8 Å². The molecule has 0 aromatic heterocycles. The van der Waals surface area contributed by atoms with Gasteiger partial charge in [-0.1, -0.05) is 19.8 Å². The summed E-state index contributed by atoms with van der Waals surface area (Å²) in [6.07, 6.45) is 7.10.